The van der Waals surface area contributed by atoms with Crippen molar-refractivity contribution in [3.63, 3.8) is 0 Å². The SMILES string of the molecule is COc1cccc(CCC(=O)Nc2ccc3nc(C)c(C)n3c2)c1. The van der Waals surface area contributed by atoms with Crippen molar-refractivity contribution in [1.29, 1.82) is 0 Å². The number of anilines is 1. The van der Waals surface area contributed by atoms with Gasteiger partial charge in [-0.05, 0) is 50.1 Å². The molecule has 0 aliphatic carbocycles. The Morgan fingerprint density at radius 3 is 2.88 bits per heavy atom. The number of ether oxygens (including phenoxy) is 1. The predicted molar refractivity (Wildman–Crippen MR) is 94.6 cm³/mol. The summed E-state index contributed by atoms with van der Waals surface area (Å²) in [4.78, 5) is 16.7. The van der Waals surface area contributed by atoms with Crippen molar-refractivity contribution in [2.24, 2.45) is 0 Å². The molecule has 0 unspecified atom stereocenters. The highest BCUT2D eigenvalue weighted by Crippen LogP contribution is 2.17. The van der Waals surface area contributed by atoms with Crippen LogP contribution >= 0.6 is 0 Å². The summed E-state index contributed by atoms with van der Waals surface area (Å²) < 4.78 is 7.20. The molecule has 1 aromatic carbocycles. The molecule has 2 aromatic heterocycles. The molecule has 1 amide bonds. The summed E-state index contributed by atoms with van der Waals surface area (Å²) in [5, 5.41) is 2.95. The molecule has 3 aromatic rings. The summed E-state index contributed by atoms with van der Waals surface area (Å²) in [6.07, 6.45) is 3.01. The van der Waals surface area contributed by atoms with Crippen LogP contribution in [-0.4, -0.2) is 22.4 Å². The van der Waals surface area contributed by atoms with E-state index in [0.717, 1.165) is 34.0 Å². The van der Waals surface area contributed by atoms with Crippen LogP contribution in [0.3, 0.4) is 0 Å². The summed E-state index contributed by atoms with van der Waals surface area (Å²) in [5.74, 6) is 0.802. The summed E-state index contributed by atoms with van der Waals surface area (Å²) in [7, 11) is 1.64. The fourth-order valence-corrected chi connectivity index (χ4v) is 2.66. The first-order chi connectivity index (χ1) is 11.6. The number of fused-ring (bicyclic) bond motifs is 1. The molecule has 0 aliphatic rings. The minimum atomic E-state index is -0.00772. The Labute approximate surface area is 141 Å². The zero-order valence-corrected chi connectivity index (χ0v) is 14.2. The van der Waals surface area contributed by atoms with Gasteiger partial charge in [0.25, 0.3) is 0 Å². The van der Waals surface area contributed by atoms with E-state index >= 15 is 0 Å². The lowest BCUT2D eigenvalue weighted by Crippen LogP contribution is -2.12. The van der Waals surface area contributed by atoms with Crippen LogP contribution in [0.4, 0.5) is 5.69 Å². The van der Waals surface area contributed by atoms with Crippen molar-refractivity contribution in [3.05, 3.63) is 59.5 Å². The average molecular weight is 323 g/mol. The normalized spacial score (nSPS) is 10.8. The molecule has 124 valence electrons. The largest absolute Gasteiger partial charge is 0.497 e. The van der Waals surface area contributed by atoms with Gasteiger partial charge in [0.05, 0.1) is 18.5 Å². The number of hydrogen-bond acceptors (Lipinski definition) is 3. The number of aryl methyl sites for hydroxylation is 3. The van der Waals surface area contributed by atoms with Crippen molar-refractivity contribution in [2.75, 3.05) is 12.4 Å². The molecule has 0 aliphatic heterocycles. The van der Waals surface area contributed by atoms with Crippen LogP contribution in [0.1, 0.15) is 23.4 Å². The highest BCUT2D eigenvalue weighted by molar-refractivity contribution is 5.90. The Balaban J connectivity index is 1.65. The molecular weight excluding hydrogens is 302 g/mol. The van der Waals surface area contributed by atoms with Crippen molar-refractivity contribution < 1.29 is 9.53 Å². The smallest absolute Gasteiger partial charge is 0.224 e. The van der Waals surface area contributed by atoms with E-state index in [1.165, 1.54) is 0 Å². The second-order valence-electron chi connectivity index (χ2n) is 5.83. The van der Waals surface area contributed by atoms with Gasteiger partial charge in [0.1, 0.15) is 11.4 Å². The molecule has 5 heteroatoms. The summed E-state index contributed by atoms with van der Waals surface area (Å²) in [6, 6.07) is 11.6. The minimum absolute atomic E-state index is 0.00772. The van der Waals surface area contributed by atoms with E-state index in [-0.39, 0.29) is 5.91 Å². The molecule has 0 radical (unpaired) electrons. The molecule has 3 rings (SSSR count). The fourth-order valence-electron chi connectivity index (χ4n) is 2.66. The van der Waals surface area contributed by atoms with E-state index in [1.54, 1.807) is 7.11 Å². The maximum atomic E-state index is 12.2. The molecule has 0 saturated heterocycles. The third kappa shape index (κ3) is 3.40. The van der Waals surface area contributed by atoms with Gasteiger partial charge in [-0.1, -0.05) is 12.1 Å². The molecular formula is C19H21N3O2. The number of pyridine rings is 1. The number of aromatic nitrogens is 2. The number of imidazole rings is 1. The van der Waals surface area contributed by atoms with Crippen LogP contribution in [0.25, 0.3) is 5.65 Å². The van der Waals surface area contributed by atoms with Gasteiger partial charge in [-0.15, -0.1) is 0 Å². The van der Waals surface area contributed by atoms with Gasteiger partial charge in [-0.2, -0.15) is 0 Å². The number of carbonyl (C=O) groups is 1. The van der Waals surface area contributed by atoms with E-state index < -0.39 is 0 Å². The number of benzene rings is 1. The Hall–Kier alpha value is -2.82. The quantitative estimate of drug-likeness (QED) is 0.781. The van der Waals surface area contributed by atoms with Gasteiger partial charge >= 0.3 is 0 Å². The molecule has 24 heavy (non-hydrogen) atoms. The number of nitrogens with zero attached hydrogens (tertiary/aromatic N) is 2. The molecule has 0 saturated carbocycles. The highest BCUT2D eigenvalue weighted by Gasteiger charge is 2.07. The number of methoxy groups -OCH3 is 1. The van der Waals surface area contributed by atoms with Gasteiger partial charge in [0.2, 0.25) is 5.91 Å². The highest BCUT2D eigenvalue weighted by atomic mass is 16.5. The van der Waals surface area contributed by atoms with Crippen molar-refractivity contribution in [1.82, 2.24) is 9.38 Å². The van der Waals surface area contributed by atoms with E-state index in [1.807, 2.05) is 60.8 Å². The second kappa shape index (κ2) is 6.74. The van der Waals surface area contributed by atoms with Crippen LogP contribution in [-0.2, 0) is 11.2 Å². The average Bonchev–Trinajstić information content (AvgIpc) is 2.88. The van der Waals surface area contributed by atoms with Crippen LogP contribution in [0.2, 0.25) is 0 Å². The topological polar surface area (TPSA) is 55.6 Å². The Morgan fingerprint density at radius 2 is 2.08 bits per heavy atom. The van der Waals surface area contributed by atoms with Crippen LogP contribution < -0.4 is 10.1 Å². The molecule has 0 bridgehead atoms. The Kier molecular flexibility index (Phi) is 4.51. The van der Waals surface area contributed by atoms with Gasteiger partial charge in [0, 0.05) is 18.3 Å². The lowest BCUT2D eigenvalue weighted by molar-refractivity contribution is -0.116. The first-order valence-corrected chi connectivity index (χ1v) is 7.95. The number of carbonyl (C=O) groups excluding carboxylic acids is 1. The molecule has 0 atom stereocenters. The van der Waals surface area contributed by atoms with E-state index in [2.05, 4.69) is 10.3 Å². The van der Waals surface area contributed by atoms with Crippen molar-refractivity contribution in [3.8, 4) is 5.75 Å². The molecule has 1 N–H and O–H groups in total. The summed E-state index contributed by atoms with van der Waals surface area (Å²) in [5.41, 5.74) is 4.83. The van der Waals surface area contributed by atoms with E-state index in [9.17, 15) is 4.79 Å². The van der Waals surface area contributed by atoms with Gasteiger partial charge < -0.3 is 14.5 Å². The lowest BCUT2D eigenvalue weighted by atomic mass is 10.1. The summed E-state index contributed by atoms with van der Waals surface area (Å²) >= 11 is 0. The maximum Gasteiger partial charge on any atom is 0.224 e. The van der Waals surface area contributed by atoms with E-state index in [4.69, 9.17) is 4.74 Å². The van der Waals surface area contributed by atoms with E-state index in [0.29, 0.717) is 12.8 Å². The minimum Gasteiger partial charge on any atom is -0.497 e. The van der Waals surface area contributed by atoms with Crippen molar-refractivity contribution >= 4 is 17.2 Å². The third-order valence-electron chi connectivity index (χ3n) is 4.15. The van der Waals surface area contributed by atoms with Crippen LogP contribution in [0, 0.1) is 13.8 Å². The first kappa shape index (κ1) is 16.1. The second-order valence-corrected chi connectivity index (χ2v) is 5.83. The Bertz CT molecular complexity index is 883. The molecule has 0 spiro atoms. The molecule has 0 fully saturated rings. The zero-order chi connectivity index (χ0) is 17.1. The summed E-state index contributed by atoms with van der Waals surface area (Å²) in [6.45, 7) is 4.00. The maximum absolute atomic E-state index is 12.2. The van der Waals surface area contributed by atoms with Gasteiger partial charge in [0.15, 0.2) is 0 Å². The molecule has 5 nitrogen and oxygen atoms in total. The first-order valence-electron chi connectivity index (χ1n) is 7.95. The molecule has 2 heterocycles. The van der Waals surface area contributed by atoms with Crippen LogP contribution in [0.5, 0.6) is 5.75 Å². The number of amides is 1. The predicted octanol–water partition coefficient (Wildman–Crippen LogP) is 3.53. The monoisotopic (exact) mass is 323 g/mol. The number of hydrogen-bond donors (Lipinski definition) is 1. The van der Waals surface area contributed by atoms with Gasteiger partial charge in [-0.3, -0.25) is 4.79 Å². The Morgan fingerprint density at radius 1 is 1.25 bits per heavy atom. The standard InChI is InChI=1S/C19H21N3O2/c1-13-14(2)22-12-16(8-9-18(22)20-13)21-19(23)10-7-15-5-4-6-17(11-15)24-3/h4-6,8-9,11-12H,7,10H2,1-3H3,(H,21,23). The third-order valence-corrected chi connectivity index (χ3v) is 4.15. The number of rotatable bonds is 5. The number of nitrogens with one attached hydrogen (secondary N) is 1. The van der Waals surface area contributed by atoms with Crippen molar-refractivity contribution in [2.45, 2.75) is 26.7 Å². The fraction of sp³-hybridized carbons (Fsp3) is 0.263. The van der Waals surface area contributed by atoms with Crippen LogP contribution in [0.15, 0.2) is 42.6 Å². The zero-order valence-electron chi connectivity index (χ0n) is 14.2. The lowest BCUT2D eigenvalue weighted by Gasteiger charge is -2.07. The van der Waals surface area contributed by atoms with Gasteiger partial charge in [-0.25, -0.2) is 4.98 Å².